The summed E-state index contributed by atoms with van der Waals surface area (Å²) in [6, 6.07) is 15.0. The molecule has 0 unspecified atom stereocenters. The average molecular weight is 326 g/mol. The second kappa shape index (κ2) is 5.66. The van der Waals surface area contributed by atoms with Crippen molar-refractivity contribution in [3.05, 3.63) is 66.0 Å². The summed E-state index contributed by atoms with van der Waals surface area (Å²) in [5.41, 5.74) is 4.11. The molecular formula is C18H18N2O2S. The number of aryl methyl sites for hydroxylation is 2. The molecular weight excluding hydrogens is 308 g/mol. The lowest BCUT2D eigenvalue weighted by molar-refractivity contribution is 0.602. The maximum absolute atomic E-state index is 11.6. The van der Waals surface area contributed by atoms with E-state index in [1.807, 2.05) is 50.2 Å². The van der Waals surface area contributed by atoms with Gasteiger partial charge in [0, 0.05) is 18.1 Å². The predicted octanol–water partition coefficient (Wildman–Crippen LogP) is 3.56. The number of rotatable bonds is 3. The summed E-state index contributed by atoms with van der Waals surface area (Å²) in [6.45, 7) is 4.06. The summed E-state index contributed by atoms with van der Waals surface area (Å²) in [7, 11) is -3.18. The quantitative estimate of drug-likeness (QED) is 0.739. The molecule has 0 aliphatic carbocycles. The van der Waals surface area contributed by atoms with E-state index in [0.29, 0.717) is 4.90 Å². The maximum Gasteiger partial charge on any atom is 0.175 e. The number of aromatic nitrogens is 2. The first-order valence-corrected chi connectivity index (χ1v) is 9.18. The van der Waals surface area contributed by atoms with Gasteiger partial charge in [-0.05, 0) is 55.3 Å². The van der Waals surface area contributed by atoms with Crippen molar-refractivity contribution in [2.24, 2.45) is 0 Å². The molecule has 23 heavy (non-hydrogen) atoms. The highest BCUT2D eigenvalue weighted by molar-refractivity contribution is 7.90. The van der Waals surface area contributed by atoms with E-state index in [1.165, 1.54) is 6.26 Å². The van der Waals surface area contributed by atoms with Gasteiger partial charge in [-0.15, -0.1) is 0 Å². The van der Waals surface area contributed by atoms with E-state index in [9.17, 15) is 8.42 Å². The summed E-state index contributed by atoms with van der Waals surface area (Å²) in [6.07, 6.45) is 2.99. The Kier molecular flexibility index (Phi) is 3.82. The van der Waals surface area contributed by atoms with E-state index in [-0.39, 0.29) is 0 Å². The van der Waals surface area contributed by atoms with Crippen molar-refractivity contribution in [2.45, 2.75) is 18.7 Å². The number of hydrogen-bond acceptors (Lipinski definition) is 3. The summed E-state index contributed by atoms with van der Waals surface area (Å²) in [5, 5.41) is 0. The molecule has 0 spiro atoms. The van der Waals surface area contributed by atoms with Gasteiger partial charge in [-0.1, -0.05) is 18.2 Å². The Balaban J connectivity index is 2.14. The zero-order valence-corrected chi connectivity index (χ0v) is 14.1. The van der Waals surface area contributed by atoms with Gasteiger partial charge in [-0.25, -0.2) is 13.4 Å². The van der Waals surface area contributed by atoms with Crippen LogP contribution in [0.25, 0.3) is 17.1 Å². The molecule has 0 saturated heterocycles. The summed E-state index contributed by atoms with van der Waals surface area (Å²) in [4.78, 5) is 4.82. The van der Waals surface area contributed by atoms with Gasteiger partial charge in [0.1, 0.15) is 5.82 Å². The fourth-order valence-corrected chi connectivity index (χ4v) is 3.26. The zero-order chi connectivity index (χ0) is 16.6. The Labute approximate surface area is 136 Å². The Morgan fingerprint density at radius 3 is 2.26 bits per heavy atom. The van der Waals surface area contributed by atoms with Crippen molar-refractivity contribution in [2.75, 3.05) is 6.26 Å². The third-order valence-electron chi connectivity index (χ3n) is 3.85. The molecule has 3 aromatic rings. The SMILES string of the molecule is Cc1cccnc1-n1c(C)ccc1-c1ccc(S(C)(=O)=O)cc1. The molecule has 0 aliphatic heterocycles. The third-order valence-corrected chi connectivity index (χ3v) is 4.98. The lowest BCUT2D eigenvalue weighted by Crippen LogP contribution is -2.04. The maximum atomic E-state index is 11.6. The molecule has 0 aliphatic rings. The predicted molar refractivity (Wildman–Crippen MR) is 91.6 cm³/mol. The highest BCUT2D eigenvalue weighted by Crippen LogP contribution is 2.27. The fourth-order valence-electron chi connectivity index (χ4n) is 2.63. The second-order valence-corrected chi connectivity index (χ2v) is 7.65. The number of hydrogen-bond donors (Lipinski definition) is 0. The number of pyridine rings is 1. The van der Waals surface area contributed by atoms with Crippen LogP contribution in [0.5, 0.6) is 0 Å². The average Bonchev–Trinajstić information content (AvgIpc) is 2.89. The van der Waals surface area contributed by atoms with Crippen LogP contribution in [0.15, 0.2) is 59.6 Å². The topological polar surface area (TPSA) is 52.0 Å². The van der Waals surface area contributed by atoms with E-state index in [2.05, 4.69) is 9.55 Å². The van der Waals surface area contributed by atoms with Gasteiger partial charge in [-0.2, -0.15) is 0 Å². The Hall–Kier alpha value is -2.40. The van der Waals surface area contributed by atoms with E-state index >= 15 is 0 Å². The first kappa shape index (κ1) is 15.5. The van der Waals surface area contributed by atoms with Gasteiger partial charge in [0.05, 0.1) is 10.6 Å². The smallest absolute Gasteiger partial charge is 0.175 e. The van der Waals surface area contributed by atoms with Crippen LogP contribution in [0.1, 0.15) is 11.3 Å². The molecule has 2 heterocycles. The summed E-state index contributed by atoms with van der Waals surface area (Å²) < 4.78 is 25.3. The van der Waals surface area contributed by atoms with Crippen LogP contribution in [-0.4, -0.2) is 24.2 Å². The van der Waals surface area contributed by atoms with Crippen molar-refractivity contribution >= 4 is 9.84 Å². The molecule has 4 nitrogen and oxygen atoms in total. The molecule has 0 saturated carbocycles. The largest absolute Gasteiger partial charge is 0.298 e. The molecule has 0 bridgehead atoms. The van der Waals surface area contributed by atoms with Crippen LogP contribution in [0.2, 0.25) is 0 Å². The minimum Gasteiger partial charge on any atom is -0.298 e. The van der Waals surface area contributed by atoms with E-state index < -0.39 is 9.84 Å². The van der Waals surface area contributed by atoms with E-state index in [0.717, 1.165) is 28.3 Å². The van der Waals surface area contributed by atoms with Gasteiger partial charge < -0.3 is 0 Å². The van der Waals surface area contributed by atoms with Gasteiger partial charge in [0.15, 0.2) is 9.84 Å². The number of nitrogens with zero attached hydrogens (tertiary/aromatic N) is 2. The molecule has 0 N–H and O–H groups in total. The molecule has 5 heteroatoms. The number of benzene rings is 1. The van der Waals surface area contributed by atoms with Gasteiger partial charge in [0.25, 0.3) is 0 Å². The van der Waals surface area contributed by atoms with Crippen LogP contribution in [-0.2, 0) is 9.84 Å². The van der Waals surface area contributed by atoms with Crippen molar-refractivity contribution < 1.29 is 8.42 Å². The Morgan fingerprint density at radius 1 is 0.957 bits per heavy atom. The Bertz CT molecular complexity index is 955. The van der Waals surface area contributed by atoms with Crippen LogP contribution < -0.4 is 0 Å². The second-order valence-electron chi connectivity index (χ2n) is 5.64. The summed E-state index contributed by atoms with van der Waals surface area (Å²) >= 11 is 0. The molecule has 2 aromatic heterocycles. The van der Waals surface area contributed by atoms with Gasteiger partial charge in [-0.3, -0.25) is 4.57 Å². The third kappa shape index (κ3) is 2.92. The molecule has 0 atom stereocenters. The van der Waals surface area contributed by atoms with Crippen LogP contribution in [0, 0.1) is 13.8 Å². The van der Waals surface area contributed by atoms with Crippen molar-refractivity contribution in [1.82, 2.24) is 9.55 Å². The van der Waals surface area contributed by atoms with Gasteiger partial charge >= 0.3 is 0 Å². The first-order valence-electron chi connectivity index (χ1n) is 7.29. The highest BCUT2D eigenvalue weighted by Gasteiger charge is 2.13. The molecule has 0 radical (unpaired) electrons. The fraction of sp³-hybridized carbons (Fsp3) is 0.167. The zero-order valence-electron chi connectivity index (χ0n) is 13.3. The monoisotopic (exact) mass is 326 g/mol. The van der Waals surface area contributed by atoms with Crippen molar-refractivity contribution in [3.8, 4) is 17.1 Å². The lowest BCUT2D eigenvalue weighted by atomic mass is 10.1. The molecule has 0 fully saturated rings. The van der Waals surface area contributed by atoms with E-state index in [1.54, 1.807) is 18.3 Å². The van der Waals surface area contributed by atoms with Crippen molar-refractivity contribution in [1.29, 1.82) is 0 Å². The standard InChI is InChI=1S/C18H18N2O2S/c1-13-5-4-12-19-18(13)20-14(2)6-11-17(20)15-7-9-16(10-8-15)23(3,21)22/h4-12H,1-3H3. The normalized spacial score (nSPS) is 11.6. The van der Waals surface area contributed by atoms with Crippen LogP contribution in [0.4, 0.5) is 0 Å². The highest BCUT2D eigenvalue weighted by atomic mass is 32.2. The Morgan fingerprint density at radius 2 is 1.65 bits per heavy atom. The van der Waals surface area contributed by atoms with Crippen LogP contribution >= 0.6 is 0 Å². The minimum absolute atomic E-state index is 0.324. The molecule has 3 rings (SSSR count). The number of sulfone groups is 1. The van der Waals surface area contributed by atoms with Crippen molar-refractivity contribution in [3.63, 3.8) is 0 Å². The van der Waals surface area contributed by atoms with E-state index in [4.69, 9.17) is 0 Å². The molecule has 0 amide bonds. The summed E-state index contributed by atoms with van der Waals surface area (Å²) in [5.74, 6) is 0.886. The molecule has 1 aromatic carbocycles. The molecule has 118 valence electrons. The first-order chi connectivity index (χ1) is 10.9. The van der Waals surface area contributed by atoms with Gasteiger partial charge in [0.2, 0.25) is 0 Å². The lowest BCUT2D eigenvalue weighted by Gasteiger charge is -2.13. The van der Waals surface area contributed by atoms with Crippen LogP contribution in [0.3, 0.4) is 0 Å². The minimum atomic E-state index is -3.18.